The van der Waals surface area contributed by atoms with E-state index in [1.54, 1.807) is 0 Å². The average Bonchev–Trinajstić information content (AvgIpc) is 2.30. The number of nitrogens with one attached hydrogen (secondary N) is 1. The molecule has 1 atom stereocenters. The molecular weight excluding hydrogens is 240 g/mol. The Labute approximate surface area is 118 Å². The van der Waals surface area contributed by atoms with Gasteiger partial charge in [0.2, 0.25) is 0 Å². The van der Waals surface area contributed by atoms with Gasteiger partial charge in [-0.15, -0.1) is 0 Å². The van der Waals surface area contributed by atoms with Gasteiger partial charge in [0.15, 0.2) is 0 Å². The summed E-state index contributed by atoms with van der Waals surface area (Å²) in [6, 6.07) is 0. The van der Waals surface area contributed by atoms with E-state index in [0.717, 1.165) is 24.5 Å². The number of hydrogen-bond donors (Lipinski definition) is 1. The summed E-state index contributed by atoms with van der Waals surface area (Å²) < 4.78 is 0. The van der Waals surface area contributed by atoms with Gasteiger partial charge < -0.3 is 10.2 Å². The van der Waals surface area contributed by atoms with Gasteiger partial charge in [0.05, 0.1) is 5.70 Å². The van der Waals surface area contributed by atoms with Gasteiger partial charge in [-0.3, -0.25) is 0 Å². The fourth-order valence-electron chi connectivity index (χ4n) is 2.27. The van der Waals surface area contributed by atoms with Gasteiger partial charge in [-0.25, -0.2) is 0 Å². The maximum absolute atomic E-state index is 5.50. The second-order valence-corrected chi connectivity index (χ2v) is 6.70. The Morgan fingerprint density at radius 2 is 1.78 bits per heavy atom. The molecule has 0 aliphatic heterocycles. The van der Waals surface area contributed by atoms with E-state index in [-0.39, 0.29) is 0 Å². The van der Waals surface area contributed by atoms with Gasteiger partial charge in [-0.2, -0.15) is 0 Å². The first kappa shape index (κ1) is 15.5. The quantitative estimate of drug-likeness (QED) is 0.741. The van der Waals surface area contributed by atoms with Crippen molar-refractivity contribution < 1.29 is 0 Å². The van der Waals surface area contributed by atoms with Crippen molar-refractivity contribution in [1.29, 1.82) is 0 Å². The first-order valence-corrected chi connectivity index (χ1v) is 7.49. The van der Waals surface area contributed by atoms with E-state index < -0.39 is 0 Å². The van der Waals surface area contributed by atoms with Crippen molar-refractivity contribution in [2.24, 2.45) is 11.3 Å². The summed E-state index contributed by atoms with van der Waals surface area (Å²) in [4.78, 5) is 3.49. The molecule has 0 aromatic carbocycles. The predicted molar refractivity (Wildman–Crippen MR) is 83.8 cm³/mol. The molecule has 18 heavy (non-hydrogen) atoms. The van der Waals surface area contributed by atoms with Crippen LogP contribution in [0.2, 0.25) is 0 Å². The molecule has 2 nitrogen and oxygen atoms in total. The van der Waals surface area contributed by atoms with Crippen LogP contribution in [0.15, 0.2) is 11.4 Å². The molecule has 0 amide bonds. The molecule has 0 aromatic rings. The maximum atomic E-state index is 5.50. The molecule has 0 aromatic heterocycles. The third-order valence-electron chi connectivity index (χ3n) is 3.58. The monoisotopic (exact) mass is 268 g/mol. The molecule has 0 spiro atoms. The summed E-state index contributed by atoms with van der Waals surface area (Å²) in [5.74, 6) is 0.426. The molecule has 0 saturated heterocycles. The number of allylic oxidation sites excluding steroid dienone is 2. The molecule has 0 bridgehead atoms. The number of nitrogens with zero attached hydrogens (tertiary/aromatic N) is 1. The molecule has 1 N–H and O–H groups in total. The number of thiocarbonyl (C=S) groups is 1. The summed E-state index contributed by atoms with van der Waals surface area (Å²) in [7, 11) is 0. The summed E-state index contributed by atoms with van der Waals surface area (Å²) in [6.07, 6.45) is 1.18. The highest BCUT2D eigenvalue weighted by Crippen LogP contribution is 2.32. The van der Waals surface area contributed by atoms with Crippen LogP contribution in [0.1, 0.15) is 48.0 Å². The van der Waals surface area contributed by atoms with Crippen molar-refractivity contribution >= 4 is 17.1 Å². The van der Waals surface area contributed by atoms with Crippen molar-refractivity contribution in [3.8, 4) is 0 Å². The molecule has 104 valence electrons. The molecule has 1 unspecified atom stereocenters. The zero-order chi connectivity index (χ0) is 13.9. The molecule has 1 aliphatic rings. The molecule has 1 aliphatic carbocycles. The van der Waals surface area contributed by atoms with Crippen molar-refractivity contribution in [1.82, 2.24) is 10.2 Å². The molecule has 0 radical (unpaired) electrons. The topological polar surface area (TPSA) is 15.3 Å². The fourth-order valence-corrected chi connectivity index (χ4v) is 2.63. The molecule has 0 saturated carbocycles. The lowest BCUT2D eigenvalue weighted by Crippen LogP contribution is -2.44. The van der Waals surface area contributed by atoms with Gasteiger partial charge in [0.25, 0.3) is 0 Å². The SMILES string of the molecule is CCN(CC)C1=C(NCCC(C)(C)C)C(C)C1=S. The van der Waals surface area contributed by atoms with Crippen LogP contribution in [-0.4, -0.2) is 29.4 Å². The molecular formula is C15H28N2S. The highest BCUT2D eigenvalue weighted by molar-refractivity contribution is 7.81. The van der Waals surface area contributed by atoms with E-state index in [1.807, 2.05) is 0 Å². The van der Waals surface area contributed by atoms with Gasteiger partial charge in [-0.1, -0.05) is 39.9 Å². The van der Waals surface area contributed by atoms with Crippen LogP contribution in [0.3, 0.4) is 0 Å². The fraction of sp³-hybridized carbons (Fsp3) is 0.800. The largest absolute Gasteiger partial charge is 0.386 e. The molecule has 1 rings (SSSR count). The first-order valence-electron chi connectivity index (χ1n) is 7.09. The number of hydrogen-bond acceptors (Lipinski definition) is 3. The average molecular weight is 268 g/mol. The highest BCUT2D eigenvalue weighted by atomic mass is 32.1. The third-order valence-corrected chi connectivity index (χ3v) is 4.13. The van der Waals surface area contributed by atoms with Gasteiger partial charge in [0, 0.05) is 36.1 Å². The third kappa shape index (κ3) is 3.47. The zero-order valence-electron chi connectivity index (χ0n) is 12.8. The molecule has 0 fully saturated rings. The van der Waals surface area contributed by atoms with Crippen LogP contribution in [0.4, 0.5) is 0 Å². The van der Waals surface area contributed by atoms with E-state index in [2.05, 4.69) is 51.8 Å². The number of rotatable bonds is 6. The van der Waals surface area contributed by atoms with Crippen LogP contribution < -0.4 is 5.32 Å². The Balaban J connectivity index is 2.68. The minimum atomic E-state index is 0.385. The lowest BCUT2D eigenvalue weighted by Gasteiger charge is -2.39. The predicted octanol–water partition coefficient (Wildman–Crippen LogP) is 3.59. The summed E-state index contributed by atoms with van der Waals surface area (Å²) in [5.41, 5.74) is 3.03. The van der Waals surface area contributed by atoms with Gasteiger partial charge in [0.1, 0.15) is 0 Å². The minimum Gasteiger partial charge on any atom is -0.386 e. The molecule has 0 heterocycles. The maximum Gasteiger partial charge on any atom is 0.0714 e. The Morgan fingerprint density at radius 1 is 1.22 bits per heavy atom. The van der Waals surface area contributed by atoms with E-state index in [9.17, 15) is 0 Å². The van der Waals surface area contributed by atoms with E-state index in [4.69, 9.17) is 12.2 Å². The van der Waals surface area contributed by atoms with Crippen molar-refractivity contribution in [3.05, 3.63) is 11.4 Å². The highest BCUT2D eigenvalue weighted by Gasteiger charge is 2.34. The second-order valence-electron chi connectivity index (χ2n) is 6.26. The minimum absolute atomic E-state index is 0.385. The van der Waals surface area contributed by atoms with Crippen LogP contribution in [0.5, 0.6) is 0 Å². The van der Waals surface area contributed by atoms with Crippen molar-refractivity contribution in [2.75, 3.05) is 19.6 Å². The van der Waals surface area contributed by atoms with E-state index in [1.165, 1.54) is 17.8 Å². The summed E-state index contributed by atoms with van der Waals surface area (Å²) in [6.45, 7) is 16.5. The standard InChI is InChI=1S/C15H28N2S/c1-7-17(8-2)13-12(11(3)14(13)18)16-10-9-15(4,5)6/h11,16H,7-10H2,1-6H3. The van der Waals surface area contributed by atoms with Crippen LogP contribution in [0.25, 0.3) is 0 Å². The smallest absolute Gasteiger partial charge is 0.0714 e. The van der Waals surface area contributed by atoms with Gasteiger partial charge in [-0.05, 0) is 25.7 Å². The van der Waals surface area contributed by atoms with Gasteiger partial charge >= 0.3 is 0 Å². The Bertz CT molecular complexity index is 335. The summed E-state index contributed by atoms with van der Waals surface area (Å²) in [5, 5.41) is 3.61. The van der Waals surface area contributed by atoms with Crippen molar-refractivity contribution in [2.45, 2.75) is 48.0 Å². The normalized spacial score (nSPS) is 19.9. The summed E-state index contributed by atoms with van der Waals surface area (Å²) >= 11 is 5.50. The Morgan fingerprint density at radius 3 is 2.22 bits per heavy atom. The lowest BCUT2D eigenvalue weighted by atomic mass is 9.86. The van der Waals surface area contributed by atoms with E-state index >= 15 is 0 Å². The first-order chi connectivity index (χ1) is 8.31. The van der Waals surface area contributed by atoms with Crippen LogP contribution in [-0.2, 0) is 0 Å². The zero-order valence-corrected chi connectivity index (χ0v) is 13.6. The van der Waals surface area contributed by atoms with Crippen LogP contribution >= 0.6 is 12.2 Å². The Hall–Kier alpha value is -0.570. The second kappa shape index (κ2) is 6.05. The van der Waals surface area contributed by atoms with Crippen LogP contribution in [0, 0.1) is 11.3 Å². The van der Waals surface area contributed by atoms with E-state index in [0.29, 0.717) is 11.3 Å². The molecule has 3 heteroatoms. The van der Waals surface area contributed by atoms with Crippen molar-refractivity contribution in [3.63, 3.8) is 0 Å². The Kier molecular flexibility index (Phi) is 5.20. The lowest BCUT2D eigenvalue weighted by molar-refractivity contribution is 0.356.